The van der Waals surface area contributed by atoms with E-state index >= 15 is 0 Å². The lowest BCUT2D eigenvalue weighted by molar-refractivity contribution is 0.0688. The van der Waals surface area contributed by atoms with E-state index in [2.05, 4.69) is 4.98 Å². The lowest BCUT2D eigenvalue weighted by atomic mass is 10.0. The Kier molecular flexibility index (Phi) is 4.02. The molecule has 1 aromatic heterocycles. The van der Waals surface area contributed by atoms with Gasteiger partial charge in [0, 0.05) is 5.56 Å². The summed E-state index contributed by atoms with van der Waals surface area (Å²) in [5, 5.41) is 9.02. The Morgan fingerprint density at radius 2 is 1.95 bits per heavy atom. The maximum atomic E-state index is 13.2. The highest BCUT2D eigenvalue weighted by atomic mass is 19.1. The number of hydrogen-bond donors (Lipinski definition) is 3. The van der Waals surface area contributed by atoms with Crippen LogP contribution in [0, 0.1) is 12.7 Å². The van der Waals surface area contributed by atoms with Crippen molar-refractivity contribution in [3.63, 3.8) is 0 Å². The molecule has 21 heavy (non-hydrogen) atoms. The largest absolute Gasteiger partial charge is 0.477 e. The van der Waals surface area contributed by atoms with Gasteiger partial charge in [0.15, 0.2) is 0 Å². The monoisotopic (exact) mass is 292 g/mol. The molecule has 1 heterocycles. The zero-order valence-electron chi connectivity index (χ0n) is 11.2. The molecule has 3 N–H and O–H groups in total. The van der Waals surface area contributed by atoms with Gasteiger partial charge in [-0.2, -0.15) is 0 Å². The van der Waals surface area contributed by atoms with Crippen LogP contribution >= 0.6 is 0 Å². The van der Waals surface area contributed by atoms with Crippen molar-refractivity contribution in [3.05, 3.63) is 67.2 Å². The number of carbonyl (C=O) groups is 1. The topological polar surface area (TPSA) is 103 Å². The van der Waals surface area contributed by atoms with Crippen LogP contribution in [0.5, 0.6) is 0 Å². The van der Waals surface area contributed by atoms with Gasteiger partial charge in [-0.25, -0.2) is 14.0 Å². The minimum Gasteiger partial charge on any atom is -0.477 e. The lowest BCUT2D eigenvalue weighted by Gasteiger charge is -2.06. The molecule has 0 unspecified atom stereocenters. The molecule has 0 bridgehead atoms. The number of nitrogens with one attached hydrogen (secondary N) is 2. The summed E-state index contributed by atoms with van der Waals surface area (Å²) in [4.78, 5) is 38.0. The summed E-state index contributed by atoms with van der Waals surface area (Å²) in [5.74, 6) is -1.70. The number of halogens is 1. The fourth-order valence-corrected chi connectivity index (χ4v) is 2.07. The molecule has 0 atom stereocenters. The number of aromatic nitrogens is 2. The standard InChI is InChI=1S/C14H13FN2O4/c1-7-6-8(3-5-10(7)15)2-4-9-11(13(19)20)16-14(21)17-12(9)18/h3,5-6H,2,4H2,1H3,(H,19,20)(H2,16,17,18,21). The molecule has 2 aromatic rings. The molecule has 0 aliphatic carbocycles. The molecule has 0 amide bonds. The summed E-state index contributed by atoms with van der Waals surface area (Å²) in [5.41, 5.74) is -0.766. The second kappa shape index (κ2) is 5.74. The summed E-state index contributed by atoms with van der Waals surface area (Å²) in [7, 11) is 0. The van der Waals surface area contributed by atoms with E-state index in [-0.39, 0.29) is 17.8 Å². The molecule has 0 fully saturated rings. The highest BCUT2D eigenvalue weighted by Crippen LogP contribution is 2.12. The number of carboxylic acid groups (broad SMARTS) is 1. The van der Waals surface area contributed by atoms with Crippen molar-refractivity contribution in [2.24, 2.45) is 0 Å². The number of carboxylic acids is 1. The SMILES string of the molecule is Cc1cc(CCc2c(C(=O)O)[nH]c(=O)[nH]c2=O)ccc1F. The average Bonchev–Trinajstić information content (AvgIpc) is 2.40. The number of rotatable bonds is 4. The third kappa shape index (κ3) is 3.25. The first-order valence-electron chi connectivity index (χ1n) is 6.22. The van der Waals surface area contributed by atoms with Gasteiger partial charge in [0.2, 0.25) is 0 Å². The van der Waals surface area contributed by atoms with Gasteiger partial charge in [-0.05, 0) is 37.0 Å². The van der Waals surface area contributed by atoms with Crippen LogP contribution in [-0.2, 0) is 12.8 Å². The fraction of sp³-hybridized carbons (Fsp3) is 0.214. The molecule has 7 heteroatoms. The van der Waals surface area contributed by atoms with E-state index in [1.807, 2.05) is 4.98 Å². The molecule has 0 radical (unpaired) electrons. The second-order valence-electron chi connectivity index (χ2n) is 4.65. The van der Waals surface area contributed by atoms with Crippen LogP contribution in [0.15, 0.2) is 27.8 Å². The number of benzene rings is 1. The van der Waals surface area contributed by atoms with Crippen molar-refractivity contribution in [2.75, 3.05) is 0 Å². The molecule has 1 aromatic carbocycles. The smallest absolute Gasteiger partial charge is 0.352 e. The number of aryl methyl sites for hydroxylation is 2. The number of aromatic amines is 2. The molecule has 0 aliphatic heterocycles. The van der Waals surface area contributed by atoms with Crippen LogP contribution in [0.2, 0.25) is 0 Å². The van der Waals surface area contributed by atoms with Gasteiger partial charge < -0.3 is 10.1 Å². The Morgan fingerprint density at radius 3 is 2.57 bits per heavy atom. The van der Waals surface area contributed by atoms with Crippen LogP contribution in [0.1, 0.15) is 27.2 Å². The first-order chi connectivity index (χ1) is 9.88. The van der Waals surface area contributed by atoms with Crippen molar-refractivity contribution in [1.82, 2.24) is 9.97 Å². The minimum atomic E-state index is -1.37. The zero-order valence-corrected chi connectivity index (χ0v) is 11.2. The zero-order chi connectivity index (χ0) is 15.6. The Bertz CT molecular complexity index is 807. The molecule has 2 rings (SSSR count). The van der Waals surface area contributed by atoms with Gasteiger partial charge in [0.05, 0.1) is 0 Å². The highest BCUT2D eigenvalue weighted by Gasteiger charge is 2.15. The lowest BCUT2D eigenvalue weighted by Crippen LogP contribution is -2.30. The van der Waals surface area contributed by atoms with Crippen molar-refractivity contribution in [1.29, 1.82) is 0 Å². The third-order valence-corrected chi connectivity index (χ3v) is 3.14. The second-order valence-corrected chi connectivity index (χ2v) is 4.65. The first-order valence-corrected chi connectivity index (χ1v) is 6.22. The van der Waals surface area contributed by atoms with Crippen molar-refractivity contribution in [3.8, 4) is 0 Å². The fourth-order valence-electron chi connectivity index (χ4n) is 2.07. The van der Waals surface area contributed by atoms with Gasteiger partial charge >= 0.3 is 11.7 Å². The summed E-state index contributed by atoms with van der Waals surface area (Å²) in [6.45, 7) is 1.62. The normalized spacial score (nSPS) is 10.6. The van der Waals surface area contributed by atoms with E-state index in [1.54, 1.807) is 19.1 Å². The summed E-state index contributed by atoms with van der Waals surface area (Å²) >= 11 is 0. The molecule has 0 saturated heterocycles. The van der Waals surface area contributed by atoms with Crippen molar-refractivity contribution in [2.45, 2.75) is 19.8 Å². The maximum Gasteiger partial charge on any atom is 0.352 e. The van der Waals surface area contributed by atoms with Gasteiger partial charge in [-0.1, -0.05) is 12.1 Å². The van der Waals surface area contributed by atoms with Crippen LogP contribution in [0.25, 0.3) is 0 Å². The van der Waals surface area contributed by atoms with Gasteiger partial charge in [0.25, 0.3) is 5.56 Å². The Morgan fingerprint density at radius 1 is 1.24 bits per heavy atom. The van der Waals surface area contributed by atoms with E-state index in [1.165, 1.54) is 6.07 Å². The van der Waals surface area contributed by atoms with Gasteiger partial charge in [0.1, 0.15) is 11.5 Å². The van der Waals surface area contributed by atoms with Gasteiger partial charge in [-0.3, -0.25) is 9.78 Å². The number of hydrogen-bond acceptors (Lipinski definition) is 3. The van der Waals surface area contributed by atoms with E-state index in [9.17, 15) is 18.8 Å². The Hall–Kier alpha value is -2.70. The van der Waals surface area contributed by atoms with Crippen LogP contribution < -0.4 is 11.2 Å². The predicted molar refractivity (Wildman–Crippen MR) is 73.2 cm³/mol. The van der Waals surface area contributed by atoms with Crippen molar-refractivity contribution < 1.29 is 14.3 Å². The Labute approximate surface area is 118 Å². The van der Waals surface area contributed by atoms with Gasteiger partial charge in [-0.15, -0.1) is 0 Å². The van der Waals surface area contributed by atoms with E-state index in [0.29, 0.717) is 12.0 Å². The molecule has 0 aliphatic rings. The number of aromatic carboxylic acids is 1. The minimum absolute atomic E-state index is 0.0101. The molecular formula is C14H13FN2O4. The third-order valence-electron chi connectivity index (χ3n) is 3.14. The van der Waals surface area contributed by atoms with E-state index < -0.39 is 22.9 Å². The average molecular weight is 292 g/mol. The highest BCUT2D eigenvalue weighted by molar-refractivity contribution is 5.86. The number of H-pyrrole nitrogens is 2. The van der Waals surface area contributed by atoms with Crippen LogP contribution in [0.4, 0.5) is 4.39 Å². The first kappa shape index (κ1) is 14.7. The molecular weight excluding hydrogens is 279 g/mol. The summed E-state index contributed by atoms with van der Waals surface area (Å²) in [6.07, 6.45) is 0.481. The predicted octanol–water partition coefficient (Wildman–Crippen LogP) is 0.994. The molecule has 6 nitrogen and oxygen atoms in total. The summed E-state index contributed by atoms with van der Waals surface area (Å²) < 4.78 is 13.2. The van der Waals surface area contributed by atoms with Crippen LogP contribution in [-0.4, -0.2) is 21.0 Å². The quantitative estimate of drug-likeness (QED) is 0.782. The molecule has 0 spiro atoms. The van der Waals surface area contributed by atoms with E-state index in [4.69, 9.17) is 5.11 Å². The van der Waals surface area contributed by atoms with E-state index in [0.717, 1.165) is 5.56 Å². The maximum absolute atomic E-state index is 13.2. The van der Waals surface area contributed by atoms with Crippen molar-refractivity contribution >= 4 is 5.97 Å². The summed E-state index contributed by atoms with van der Waals surface area (Å²) in [6, 6.07) is 4.53. The molecule has 0 saturated carbocycles. The van der Waals surface area contributed by atoms with Crippen LogP contribution in [0.3, 0.4) is 0 Å². The Balaban J connectivity index is 2.31. The molecule has 110 valence electrons.